The maximum Gasteiger partial charge on any atom is 0.128 e. The number of hydrogen-bond donors (Lipinski definition) is 2. The number of aromatic nitrogens is 2. The molecule has 1 aromatic heterocycles. The fourth-order valence-electron chi connectivity index (χ4n) is 2.42. The molecule has 19 heavy (non-hydrogen) atoms. The summed E-state index contributed by atoms with van der Waals surface area (Å²) in [5, 5.41) is 17.3. The topological polar surface area (TPSA) is 59.3 Å². The van der Waals surface area contributed by atoms with Crippen molar-refractivity contribution in [3.8, 4) is 11.5 Å². The number of nitrogens with one attached hydrogen (secondary N) is 1. The summed E-state index contributed by atoms with van der Waals surface area (Å²) in [5.41, 5.74) is 3.16. The van der Waals surface area contributed by atoms with Crippen molar-refractivity contribution in [2.45, 2.75) is 19.4 Å². The van der Waals surface area contributed by atoms with Crippen LogP contribution in [-0.2, 0) is 13.5 Å². The van der Waals surface area contributed by atoms with Gasteiger partial charge in [0.15, 0.2) is 0 Å². The van der Waals surface area contributed by atoms with Gasteiger partial charge in [0.05, 0.1) is 17.4 Å². The van der Waals surface area contributed by atoms with Crippen molar-refractivity contribution in [1.29, 1.82) is 0 Å². The smallest absolute Gasteiger partial charge is 0.128 e. The van der Waals surface area contributed by atoms with E-state index in [4.69, 9.17) is 4.74 Å². The van der Waals surface area contributed by atoms with E-state index in [-0.39, 0.29) is 11.8 Å². The van der Waals surface area contributed by atoms with Crippen LogP contribution in [0.4, 0.5) is 5.69 Å². The van der Waals surface area contributed by atoms with Crippen LogP contribution in [0.2, 0.25) is 0 Å². The van der Waals surface area contributed by atoms with Crippen LogP contribution in [0.3, 0.4) is 0 Å². The fourth-order valence-corrected chi connectivity index (χ4v) is 2.42. The lowest BCUT2D eigenvalue weighted by Crippen LogP contribution is -2.12. The van der Waals surface area contributed by atoms with Gasteiger partial charge in [-0.05, 0) is 18.6 Å². The molecule has 1 unspecified atom stereocenters. The molecule has 0 amide bonds. The Balaban J connectivity index is 1.86. The largest absolute Gasteiger partial charge is 0.508 e. The molecule has 0 bridgehead atoms. The third-order valence-electron chi connectivity index (χ3n) is 3.35. The van der Waals surface area contributed by atoms with Crippen molar-refractivity contribution in [3.63, 3.8) is 0 Å². The first-order valence-corrected chi connectivity index (χ1v) is 6.42. The van der Waals surface area contributed by atoms with Crippen LogP contribution < -0.4 is 10.1 Å². The Labute approximate surface area is 111 Å². The normalized spacial score (nSPS) is 17.1. The Morgan fingerprint density at radius 1 is 1.53 bits per heavy atom. The van der Waals surface area contributed by atoms with Crippen LogP contribution in [0, 0.1) is 0 Å². The molecule has 0 radical (unpaired) electrons. The summed E-state index contributed by atoms with van der Waals surface area (Å²) in [7, 11) is 1.92. The number of phenols is 1. The number of anilines is 1. The van der Waals surface area contributed by atoms with Gasteiger partial charge in [0.25, 0.3) is 0 Å². The maximum absolute atomic E-state index is 9.44. The molecule has 2 heterocycles. The third kappa shape index (κ3) is 2.12. The zero-order valence-corrected chi connectivity index (χ0v) is 11.1. The monoisotopic (exact) mass is 259 g/mol. The first kappa shape index (κ1) is 11.9. The summed E-state index contributed by atoms with van der Waals surface area (Å²) >= 11 is 0. The van der Waals surface area contributed by atoms with E-state index in [2.05, 4.69) is 17.3 Å². The number of phenolic OH excluding ortho intramolecular Hbond substituents is 1. The van der Waals surface area contributed by atoms with Crippen molar-refractivity contribution in [2.75, 3.05) is 11.9 Å². The van der Waals surface area contributed by atoms with Crippen molar-refractivity contribution >= 4 is 5.69 Å². The van der Waals surface area contributed by atoms with Gasteiger partial charge in [-0.2, -0.15) is 5.10 Å². The molecular weight excluding hydrogens is 242 g/mol. The second-order valence-electron chi connectivity index (χ2n) is 4.75. The molecule has 0 saturated heterocycles. The van der Waals surface area contributed by atoms with Crippen molar-refractivity contribution in [1.82, 2.24) is 9.78 Å². The molecule has 5 nitrogen and oxygen atoms in total. The predicted octanol–water partition coefficient (Wildman–Crippen LogP) is 2.23. The highest BCUT2D eigenvalue weighted by atomic mass is 16.5. The number of nitrogens with zero attached hydrogens (tertiary/aromatic N) is 2. The summed E-state index contributed by atoms with van der Waals surface area (Å²) in [6.07, 6.45) is 2.87. The van der Waals surface area contributed by atoms with Crippen LogP contribution in [-0.4, -0.2) is 21.5 Å². The van der Waals surface area contributed by atoms with Gasteiger partial charge in [0, 0.05) is 24.9 Å². The zero-order valence-electron chi connectivity index (χ0n) is 11.1. The van der Waals surface area contributed by atoms with Gasteiger partial charge in [0.2, 0.25) is 0 Å². The van der Waals surface area contributed by atoms with Crippen molar-refractivity contribution in [3.05, 3.63) is 35.7 Å². The van der Waals surface area contributed by atoms with Crippen LogP contribution in [0.25, 0.3) is 0 Å². The van der Waals surface area contributed by atoms with E-state index < -0.39 is 0 Å². The van der Waals surface area contributed by atoms with Crippen LogP contribution in [0.15, 0.2) is 24.4 Å². The van der Waals surface area contributed by atoms with Crippen LogP contribution >= 0.6 is 0 Å². The second kappa shape index (κ2) is 4.50. The standard InChI is InChI=1S/C14H17N3O2/c1-3-11-12(7-17(2)16-11)15-13-8-19-14-6-9(18)4-5-10(13)14/h4-7,13,15,18H,3,8H2,1-2H3. The molecule has 1 aliphatic heterocycles. The highest BCUT2D eigenvalue weighted by molar-refractivity contribution is 5.53. The number of ether oxygens (including phenoxy) is 1. The Morgan fingerprint density at radius 3 is 3.16 bits per heavy atom. The van der Waals surface area contributed by atoms with Gasteiger partial charge < -0.3 is 15.2 Å². The van der Waals surface area contributed by atoms with Gasteiger partial charge in [-0.1, -0.05) is 6.92 Å². The molecule has 0 fully saturated rings. The van der Waals surface area contributed by atoms with E-state index in [1.807, 2.05) is 24.0 Å². The molecular formula is C14H17N3O2. The van der Waals surface area contributed by atoms with E-state index in [0.29, 0.717) is 6.61 Å². The Bertz CT molecular complexity index is 607. The molecule has 100 valence electrons. The molecule has 0 spiro atoms. The fraction of sp³-hybridized carbons (Fsp3) is 0.357. The van der Waals surface area contributed by atoms with E-state index in [1.165, 1.54) is 0 Å². The highest BCUT2D eigenvalue weighted by Crippen LogP contribution is 2.37. The Morgan fingerprint density at radius 2 is 2.37 bits per heavy atom. The molecule has 2 N–H and O–H groups in total. The summed E-state index contributed by atoms with van der Waals surface area (Å²) in [5.74, 6) is 0.981. The molecule has 0 aliphatic carbocycles. The van der Waals surface area contributed by atoms with E-state index in [9.17, 15) is 5.11 Å². The maximum atomic E-state index is 9.44. The number of rotatable bonds is 3. The number of hydrogen-bond acceptors (Lipinski definition) is 4. The Hall–Kier alpha value is -2.17. The lowest BCUT2D eigenvalue weighted by Gasteiger charge is -2.12. The molecule has 5 heteroatoms. The van der Waals surface area contributed by atoms with E-state index in [0.717, 1.165) is 29.1 Å². The van der Waals surface area contributed by atoms with E-state index >= 15 is 0 Å². The number of benzene rings is 1. The van der Waals surface area contributed by atoms with Crippen LogP contribution in [0.1, 0.15) is 24.2 Å². The molecule has 3 rings (SSSR count). The molecule has 1 atom stereocenters. The minimum absolute atomic E-state index is 0.102. The predicted molar refractivity (Wildman–Crippen MR) is 72.6 cm³/mol. The lowest BCUT2D eigenvalue weighted by molar-refractivity contribution is 0.338. The van der Waals surface area contributed by atoms with Crippen LogP contribution in [0.5, 0.6) is 11.5 Å². The molecule has 1 aliphatic rings. The number of aryl methyl sites for hydroxylation is 2. The minimum atomic E-state index is 0.102. The van der Waals surface area contributed by atoms with Gasteiger partial charge in [-0.15, -0.1) is 0 Å². The Kier molecular flexibility index (Phi) is 2.81. The molecule has 0 saturated carbocycles. The zero-order chi connectivity index (χ0) is 13.4. The van der Waals surface area contributed by atoms with Gasteiger partial charge in [-0.3, -0.25) is 4.68 Å². The van der Waals surface area contributed by atoms with Crippen molar-refractivity contribution in [2.24, 2.45) is 7.05 Å². The third-order valence-corrected chi connectivity index (χ3v) is 3.35. The average Bonchev–Trinajstić information content (AvgIpc) is 2.93. The number of fused-ring (bicyclic) bond motifs is 1. The highest BCUT2D eigenvalue weighted by Gasteiger charge is 2.25. The van der Waals surface area contributed by atoms with Gasteiger partial charge >= 0.3 is 0 Å². The first-order chi connectivity index (χ1) is 9.17. The summed E-state index contributed by atoms with van der Waals surface area (Å²) in [4.78, 5) is 0. The minimum Gasteiger partial charge on any atom is -0.508 e. The number of aromatic hydroxyl groups is 1. The van der Waals surface area contributed by atoms with Gasteiger partial charge in [0.1, 0.15) is 18.1 Å². The summed E-state index contributed by atoms with van der Waals surface area (Å²) in [6, 6.07) is 5.34. The summed E-state index contributed by atoms with van der Waals surface area (Å²) in [6.45, 7) is 2.65. The SMILES string of the molecule is CCc1nn(C)cc1NC1COc2cc(O)ccc21. The second-order valence-corrected chi connectivity index (χ2v) is 4.75. The summed E-state index contributed by atoms with van der Waals surface area (Å²) < 4.78 is 7.41. The first-order valence-electron chi connectivity index (χ1n) is 6.42. The quantitative estimate of drug-likeness (QED) is 0.887. The molecule has 1 aromatic carbocycles. The average molecular weight is 259 g/mol. The molecule has 2 aromatic rings. The van der Waals surface area contributed by atoms with E-state index in [1.54, 1.807) is 12.1 Å². The lowest BCUT2D eigenvalue weighted by atomic mass is 10.1. The van der Waals surface area contributed by atoms with Gasteiger partial charge in [-0.25, -0.2) is 0 Å². The van der Waals surface area contributed by atoms with Crippen molar-refractivity contribution < 1.29 is 9.84 Å².